The van der Waals surface area contributed by atoms with Crippen molar-refractivity contribution < 1.29 is 0 Å². The zero-order valence-corrected chi connectivity index (χ0v) is 22.5. The molecule has 0 saturated carbocycles. The van der Waals surface area contributed by atoms with Crippen LogP contribution in [-0.2, 0) is 0 Å². The maximum Gasteiger partial charge on any atom is 0.211 e. The molecule has 194 valence electrons. The van der Waals surface area contributed by atoms with E-state index in [-0.39, 0.29) is 0 Å². The Morgan fingerprint density at radius 2 is 0.881 bits per heavy atom. The Kier molecular flexibility index (Phi) is 5.22. The molecule has 0 saturated heterocycles. The molecule has 0 aliphatic heterocycles. The highest BCUT2D eigenvalue weighted by atomic mass is 15.0. The average Bonchev–Trinajstić information content (AvgIpc) is 3.57. The molecule has 0 atom stereocenters. The number of rotatable bonds is 3. The second kappa shape index (κ2) is 9.24. The summed E-state index contributed by atoms with van der Waals surface area (Å²) in [7, 11) is 0. The number of hydrogen-bond donors (Lipinski definition) is 0. The highest BCUT2D eigenvalue weighted by Crippen LogP contribution is 2.44. The van der Waals surface area contributed by atoms with Crippen LogP contribution in [0.2, 0.25) is 0 Å². The van der Waals surface area contributed by atoms with Crippen LogP contribution in [0.5, 0.6) is 0 Å². The van der Waals surface area contributed by atoms with Gasteiger partial charge in [-0.3, -0.25) is 0 Å². The lowest BCUT2D eigenvalue weighted by atomic mass is 9.99. The molecule has 0 bridgehead atoms. The molecule has 4 heteroatoms. The fourth-order valence-corrected chi connectivity index (χ4v) is 6.41. The van der Waals surface area contributed by atoms with Gasteiger partial charge in [0.25, 0.3) is 0 Å². The zero-order valence-electron chi connectivity index (χ0n) is 22.5. The van der Waals surface area contributed by atoms with E-state index in [2.05, 4.69) is 97.7 Å². The maximum atomic E-state index is 8.14. The molecule has 0 N–H and O–H groups in total. The van der Waals surface area contributed by atoms with Crippen LogP contribution in [-0.4, -0.2) is 9.13 Å². The summed E-state index contributed by atoms with van der Waals surface area (Å²) < 4.78 is 4.45. The molecule has 0 spiro atoms. The van der Waals surface area contributed by atoms with Crippen molar-refractivity contribution in [1.29, 1.82) is 0 Å². The van der Waals surface area contributed by atoms with Gasteiger partial charge in [-0.15, -0.1) is 0 Å². The van der Waals surface area contributed by atoms with Crippen molar-refractivity contribution in [2.24, 2.45) is 0 Å². The number of aromatic nitrogens is 2. The van der Waals surface area contributed by atoms with E-state index in [1.807, 2.05) is 54.6 Å². The quantitative estimate of drug-likeness (QED) is 0.201. The summed E-state index contributed by atoms with van der Waals surface area (Å²) >= 11 is 0. The lowest BCUT2D eigenvalue weighted by Crippen LogP contribution is -1.99. The Balaban J connectivity index is 1.47. The first kappa shape index (κ1) is 23.8. The molecule has 0 aliphatic carbocycles. The van der Waals surface area contributed by atoms with Crippen LogP contribution >= 0.6 is 0 Å². The van der Waals surface area contributed by atoms with Crippen LogP contribution in [0.3, 0.4) is 0 Å². The molecule has 2 aromatic heterocycles. The first-order valence-electron chi connectivity index (χ1n) is 13.8. The highest BCUT2D eigenvalue weighted by molar-refractivity contribution is 6.11. The monoisotopic (exact) mass is 534 g/mol. The van der Waals surface area contributed by atoms with Gasteiger partial charge >= 0.3 is 0 Å². The van der Waals surface area contributed by atoms with Crippen molar-refractivity contribution in [3.63, 3.8) is 0 Å². The first-order chi connectivity index (χ1) is 20.8. The largest absolute Gasteiger partial charge is 0.318 e. The predicted octanol–water partition coefficient (Wildman–Crippen LogP) is 10.6. The Bertz CT molecular complexity index is 2340. The van der Waals surface area contributed by atoms with Crippen molar-refractivity contribution in [3.8, 4) is 22.5 Å². The molecule has 42 heavy (non-hydrogen) atoms. The van der Waals surface area contributed by atoms with Gasteiger partial charge in [0.15, 0.2) is 5.69 Å². The van der Waals surface area contributed by atoms with E-state index in [0.717, 1.165) is 55.3 Å². The summed E-state index contributed by atoms with van der Waals surface area (Å²) in [5.41, 5.74) is 8.76. The van der Waals surface area contributed by atoms with Crippen molar-refractivity contribution in [3.05, 3.63) is 156 Å². The molecule has 0 fully saturated rings. The molecule has 0 radical (unpaired) electrons. The summed E-state index contributed by atoms with van der Waals surface area (Å²) in [5, 5.41) is 4.63. The maximum absolute atomic E-state index is 8.14. The molecule has 4 nitrogen and oxygen atoms in total. The van der Waals surface area contributed by atoms with Crippen LogP contribution in [0.15, 0.2) is 133 Å². The van der Waals surface area contributed by atoms with Gasteiger partial charge in [0, 0.05) is 27.2 Å². The number of nitrogens with zero attached hydrogens (tertiary/aromatic N) is 4. The molecule has 8 rings (SSSR count). The standard InChI is InChI=1S/C38H22N4/c1-39-32-23-22-25(41-34-18-7-3-12-26(34)27-13-4-8-19-35(27)41)24-31(32)30-16-11-17-33(40-2)38(30)42-36-20-9-5-14-28(36)29-15-6-10-21-37(29)42/h3-24H. The minimum atomic E-state index is 0.539. The van der Waals surface area contributed by atoms with Crippen molar-refractivity contribution >= 4 is 55.0 Å². The molecule has 2 heterocycles. The van der Waals surface area contributed by atoms with E-state index in [9.17, 15) is 0 Å². The van der Waals surface area contributed by atoms with Gasteiger partial charge in [-0.25, -0.2) is 9.69 Å². The van der Waals surface area contributed by atoms with Gasteiger partial charge in [-0.2, -0.15) is 0 Å². The molecular formula is C38H22N4. The van der Waals surface area contributed by atoms with Crippen molar-refractivity contribution in [2.45, 2.75) is 0 Å². The van der Waals surface area contributed by atoms with E-state index in [4.69, 9.17) is 13.1 Å². The zero-order chi connectivity index (χ0) is 28.2. The van der Waals surface area contributed by atoms with Gasteiger partial charge < -0.3 is 9.13 Å². The topological polar surface area (TPSA) is 18.6 Å². The van der Waals surface area contributed by atoms with Crippen molar-refractivity contribution in [1.82, 2.24) is 9.13 Å². The average molecular weight is 535 g/mol. The van der Waals surface area contributed by atoms with Crippen LogP contribution < -0.4 is 0 Å². The number of benzene rings is 6. The minimum absolute atomic E-state index is 0.539. The number of para-hydroxylation sites is 5. The lowest BCUT2D eigenvalue weighted by molar-refractivity contribution is 1.17. The van der Waals surface area contributed by atoms with Crippen LogP contribution in [0, 0.1) is 13.1 Å². The van der Waals surface area contributed by atoms with Crippen LogP contribution in [0.4, 0.5) is 11.4 Å². The number of fused-ring (bicyclic) bond motifs is 6. The Labute approximate surface area is 242 Å². The smallest absolute Gasteiger partial charge is 0.211 e. The van der Waals surface area contributed by atoms with Gasteiger partial charge in [0.1, 0.15) is 0 Å². The fraction of sp³-hybridized carbons (Fsp3) is 0. The molecule has 0 aliphatic rings. The minimum Gasteiger partial charge on any atom is -0.318 e. The SMILES string of the molecule is [C-]#[N+]c1ccc(-n2c3ccccc3c3ccccc32)cc1-c1cccc([N+]#[C-])c1-n1c2ccccc2c2ccccc21. The summed E-state index contributed by atoms with van der Waals surface area (Å²) in [4.78, 5) is 7.93. The van der Waals surface area contributed by atoms with Gasteiger partial charge in [0.05, 0.1) is 40.9 Å². The normalized spacial score (nSPS) is 11.3. The molecular weight excluding hydrogens is 512 g/mol. The molecule has 0 amide bonds. The molecule has 6 aromatic carbocycles. The van der Waals surface area contributed by atoms with E-state index in [0.29, 0.717) is 11.4 Å². The second-order valence-corrected chi connectivity index (χ2v) is 10.3. The number of hydrogen-bond acceptors (Lipinski definition) is 0. The summed E-state index contributed by atoms with van der Waals surface area (Å²) in [6.07, 6.45) is 0. The Morgan fingerprint density at radius 1 is 0.405 bits per heavy atom. The van der Waals surface area contributed by atoms with Gasteiger partial charge in [-0.05, 0) is 47.5 Å². The third kappa shape index (κ3) is 3.33. The Morgan fingerprint density at radius 3 is 1.38 bits per heavy atom. The Hall–Kier alpha value is -6.10. The second-order valence-electron chi connectivity index (χ2n) is 10.3. The molecule has 0 unspecified atom stereocenters. The van der Waals surface area contributed by atoms with Crippen molar-refractivity contribution in [2.75, 3.05) is 0 Å². The third-order valence-corrected chi connectivity index (χ3v) is 8.17. The molecule has 8 aromatic rings. The highest BCUT2D eigenvalue weighted by Gasteiger charge is 2.21. The van der Waals surface area contributed by atoms with Gasteiger partial charge in [-0.1, -0.05) is 97.1 Å². The summed E-state index contributed by atoms with van der Waals surface area (Å²) in [5.74, 6) is 0. The summed E-state index contributed by atoms with van der Waals surface area (Å²) in [6, 6.07) is 45.3. The van der Waals surface area contributed by atoms with E-state index in [1.54, 1.807) is 0 Å². The van der Waals surface area contributed by atoms with Crippen LogP contribution in [0.25, 0.3) is 75.8 Å². The van der Waals surface area contributed by atoms with Crippen LogP contribution in [0.1, 0.15) is 0 Å². The predicted molar refractivity (Wildman–Crippen MR) is 173 cm³/mol. The summed E-state index contributed by atoms with van der Waals surface area (Å²) in [6.45, 7) is 16.2. The fourth-order valence-electron chi connectivity index (χ4n) is 6.41. The lowest BCUT2D eigenvalue weighted by Gasteiger charge is -2.18. The van der Waals surface area contributed by atoms with E-state index in [1.165, 1.54) is 10.8 Å². The third-order valence-electron chi connectivity index (χ3n) is 8.17. The van der Waals surface area contributed by atoms with E-state index < -0.39 is 0 Å². The van der Waals surface area contributed by atoms with E-state index >= 15 is 0 Å². The van der Waals surface area contributed by atoms with Gasteiger partial charge in [0.2, 0.25) is 5.69 Å². The first-order valence-corrected chi connectivity index (χ1v) is 13.8.